The van der Waals surface area contributed by atoms with Crippen LogP contribution in [0.25, 0.3) is 0 Å². The van der Waals surface area contributed by atoms with E-state index in [-0.39, 0.29) is 11.8 Å². The summed E-state index contributed by atoms with van der Waals surface area (Å²) >= 11 is 0. The van der Waals surface area contributed by atoms with Gasteiger partial charge >= 0.3 is 11.9 Å². The van der Waals surface area contributed by atoms with Gasteiger partial charge in [0.25, 0.3) is 0 Å². The number of methoxy groups -OCH3 is 2. The molecular weight excluding hydrogens is 264 g/mol. The lowest BCUT2D eigenvalue weighted by Gasteiger charge is -2.43. The molecular formula is C12H16N4O4. The fraction of sp³-hybridized carbons (Fsp3) is 0.833. The van der Waals surface area contributed by atoms with Gasteiger partial charge in [-0.05, 0) is 12.8 Å². The third-order valence-electron chi connectivity index (χ3n) is 4.73. The van der Waals surface area contributed by atoms with Crippen molar-refractivity contribution >= 4 is 11.9 Å². The first-order chi connectivity index (χ1) is 9.60. The molecule has 0 spiro atoms. The smallest absolute Gasteiger partial charge is 0.336 e. The second-order valence-electron chi connectivity index (χ2n) is 5.39. The number of carbonyl (C=O) groups is 2. The van der Waals surface area contributed by atoms with Crippen LogP contribution in [0.4, 0.5) is 0 Å². The first kappa shape index (κ1) is 13.1. The quantitative estimate of drug-likeness (QED) is 0.697. The second-order valence-corrected chi connectivity index (χ2v) is 5.39. The number of hydrogen-bond acceptors (Lipinski definition) is 8. The molecule has 0 unspecified atom stereocenters. The molecule has 108 valence electrons. The highest BCUT2D eigenvalue weighted by Gasteiger charge is 2.66. The molecule has 0 N–H and O–H groups in total. The van der Waals surface area contributed by atoms with Crippen molar-refractivity contribution in [1.82, 2.24) is 0 Å². The lowest BCUT2D eigenvalue weighted by Crippen LogP contribution is -2.60. The zero-order valence-electron chi connectivity index (χ0n) is 11.4. The topological polar surface area (TPSA) is 102 Å². The van der Waals surface area contributed by atoms with E-state index in [1.807, 2.05) is 0 Å². The maximum atomic E-state index is 12.1. The van der Waals surface area contributed by atoms with Gasteiger partial charge in [0.1, 0.15) is 0 Å². The third kappa shape index (κ3) is 1.41. The van der Waals surface area contributed by atoms with E-state index in [1.54, 1.807) is 0 Å². The lowest BCUT2D eigenvalue weighted by molar-refractivity contribution is -0.159. The summed E-state index contributed by atoms with van der Waals surface area (Å²) in [5.41, 5.74) is -1.96. The summed E-state index contributed by atoms with van der Waals surface area (Å²) in [5.74, 6) is -1.21. The van der Waals surface area contributed by atoms with Crippen molar-refractivity contribution in [1.29, 1.82) is 0 Å². The Kier molecular flexibility index (Phi) is 2.84. The number of fused-ring (bicyclic) bond motifs is 3. The molecule has 20 heavy (non-hydrogen) atoms. The zero-order valence-corrected chi connectivity index (χ0v) is 11.4. The maximum absolute atomic E-state index is 12.1. The molecule has 3 rings (SSSR count). The molecule has 2 aliphatic heterocycles. The molecule has 1 saturated carbocycles. The van der Waals surface area contributed by atoms with Crippen LogP contribution < -0.4 is 0 Å². The van der Waals surface area contributed by atoms with Gasteiger partial charge in [-0.2, -0.15) is 20.5 Å². The summed E-state index contributed by atoms with van der Waals surface area (Å²) in [4.78, 5) is 24.3. The molecule has 2 heterocycles. The van der Waals surface area contributed by atoms with E-state index in [2.05, 4.69) is 20.5 Å². The van der Waals surface area contributed by atoms with E-state index in [0.717, 1.165) is 0 Å². The number of nitrogens with zero attached hydrogens (tertiary/aromatic N) is 4. The molecule has 3 aliphatic rings. The number of hydrogen-bond donors (Lipinski definition) is 0. The molecule has 8 heteroatoms. The molecule has 0 aromatic carbocycles. The third-order valence-corrected chi connectivity index (χ3v) is 4.73. The Labute approximate surface area is 115 Å². The monoisotopic (exact) mass is 280 g/mol. The predicted octanol–water partition coefficient (Wildman–Crippen LogP) is 0.768. The molecule has 8 nitrogen and oxygen atoms in total. The first-order valence-corrected chi connectivity index (χ1v) is 6.55. The number of esters is 2. The van der Waals surface area contributed by atoms with Crippen LogP contribution in [0.5, 0.6) is 0 Å². The van der Waals surface area contributed by atoms with E-state index >= 15 is 0 Å². The normalized spacial score (nSPS) is 41.1. The van der Waals surface area contributed by atoms with Crippen LogP contribution in [-0.2, 0) is 19.1 Å². The molecule has 0 amide bonds. The molecule has 1 fully saturated rings. The largest absolute Gasteiger partial charge is 0.467 e. The van der Waals surface area contributed by atoms with Crippen LogP contribution in [0.2, 0.25) is 0 Å². The average Bonchev–Trinajstić information content (AvgIpc) is 3.09. The van der Waals surface area contributed by atoms with Gasteiger partial charge in [0.15, 0.2) is 11.1 Å². The number of rotatable bonds is 2. The fourth-order valence-electron chi connectivity index (χ4n) is 3.67. The Morgan fingerprint density at radius 1 is 0.900 bits per heavy atom. The van der Waals surface area contributed by atoms with Gasteiger partial charge in [0.2, 0.25) is 0 Å². The Hall–Kier alpha value is -1.86. The zero-order chi connectivity index (χ0) is 14.4. The van der Waals surface area contributed by atoms with E-state index < -0.39 is 23.0 Å². The Balaban J connectivity index is 1.99. The van der Waals surface area contributed by atoms with Gasteiger partial charge in [-0.15, -0.1) is 0 Å². The van der Waals surface area contributed by atoms with E-state index in [4.69, 9.17) is 9.47 Å². The van der Waals surface area contributed by atoms with Crippen LogP contribution in [0.3, 0.4) is 0 Å². The van der Waals surface area contributed by atoms with Crippen molar-refractivity contribution in [3.63, 3.8) is 0 Å². The van der Waals surface area contributed by atoms with Crippen LogP contribution >= 0.6 is 0 Å². The highest BCUT2D eigenvalue weighted by atomic mass is 16.5. The molecule has 0 aromatic heterocycles. The molecule has 4 atom stereocenters. The Bertz CT molecular complexity index is 474. The standard InChI is InChI=1S/C12H16N4O4/c1-19-9(17)11-3-4-12(10(18)20-2)8(6-14-16-12)7(11)5-13-15-11/h7-8H,3-6H2,1-2H3/t7-,8-,11+,12+/m1/s1. The fourth-order valence-corrected chi connectivity index (χ4v) is 3.67. The average molecular weight is 280 g/mol. The van der Waals surface area contributed by atoms with E-state index in [0.29, 0.717) is 25.9 Å². The van der Waals surface area contributed by atoms with Crippen molar-refractivity contribution in [2.45, 2.75) is 23.9 Å². The molecule has 0 saturated heterocycles. The minimum atomic E-state index is -0.980. The summed E-state index contributed by atoms with van der Waals surface area (Å²) in [5, 5.41) is 16.4. The lowest BCUT2D eigenvalue weighted by atomic mass is 9.60. The van der Waals surface area contributed by atoms with Crippen molar-refractivity contribution in [2.75, 3.05) is 27.3 Å². The first-order valence-electron chi connectivity index (χ1n) is 6.55. The van der Waals surface area contributed by atoms with Gasteiger partial charge in [0, 0.05) is 11.8 Å². The summed E-state index contributed by atoms with van der Waals surface area (Å²) in [7, 11) is 2.68. The number of carbonyl (C=O) groups excluding carboxylic acids is 2. The Morgan fingerprint density at radius 3 is 1.65 bits per heavy atom. The molecule has 0 aromatic rings. The summed E-state index contributed by atoms with van der Waals surface area (Å²) < 4.78 is 9.78. The SMILES string of the molecule is COC(=O)[C@]12CC[C@]3(C(=O)OC)N=NC[C@@H]3[C@H]1CN=N2. The maximum Gasteiger partial charge on any atom is 0.336 e. The van der Waals surface area contributed by atoms with E-state index in [1.165, 1.54) is 14.2 Å². The minimum Gasteiger partial charge on any atom is -0.467 e. The van der Waals surface area contributed by atoms with Gasteiger partial charge in [-0.25, -0.2) is 9.59 Å². The molecule has 1 aliphatic carbocycles. The van der Waals surface area contributed by atoms with Crippen LogP contribution in [0.15, 0.2) is 20.5 Å². The highest BCUT2D eigenvalue weighted by Crippen LogP contribution is 2.53. The summed E-state index contributed by atoms with van der Waals surface area (Å²) in [6, 6.07) is 0. The van der Waals surface area contributed by atoms with Gasteiger partial charge in [0.05, 0.1) is 27.3 Å². The van der Waals surface area contributed by atoms with Crippen LogP contribution in [-0.4, -0.2) is 50.3 Å². The predicted molar refractivity (Wildman–Crippen MR) is 65.2 cm³/mol. The van der Waals surface area contributed by atoms with E-state index in [9.17, 15) is 9.59 Å². The molecule has 0 bridgehead atoms. The molecule has 0 radical (unpaired) electrons. The van der Waals surface area contributed by atoms with Crippen LogP contribution in [0.1, 0.15) is 12.8 Å². The second kappa shape index (κ2) is 4.32. The van der Waals surface area contributed by atoms with Gasteiger partial charge in [-0.3, -0.25) is 0 Å². The highest BCUT2D eigenvalue weighted by molar-refractivity contribution is 5.86. The van der Waals surface area contributed by atoms with Crippen LogP contribution in [0, 0.1) is 11.8 Å². The number of ether oxygens (including phenoxy) is 2. The van der Waals surface area contributed by atoms with Crippen molar-refractivity contribution in [2.24, 2.45) is 32.3 Å². The van der Waals surface area contributed by atoms with Crippen molar-refractivity contribution < 1.29 is 19.1 Å². The summed E-state index contributed by atoms with van der Waals surface area (Å²) in [6.45, 7) is 0.785. The van der Waals surface area contributed by atoms with Gasteiger partial charge < -0.3 is 9.47 Å². The van der Waals surface area contributed by atoms with Crippen molar-refractivity contribution in [3.05, 3.63) is 0 Å². The summed E-state index contributed by atoms with van der Waals surface area (Å²) in [6.07, 6.45) is 0.747. The number of azo groups is 2. The Morgan fingerprint density at radius 2 is 1.30 bits per heavy atom. The van der Waals surface area contributed by atoms with Gasteiger partial charge in [-0.1, -0.05) is 0 Å². The van der Waals surface area contributed by atoms with Crippen molar-refractivity contribution in [3.8, 4) is 0 Å². The minimum absolute atomic E-state index is 0.210.